The van der Waals surface area contributed by atoms with Gasteiger partial charge in [0.1, 0.15) is 5.60 Å². The van der Waals surface area contributed by atoms with Crippen molar-refractivity contribution in [3.05, 3.63) is 47.7 Å². The Hall–Kier alpha value is -2.58. The van der Waals surface area contributed by atoms with Gasteiger partial charge in [0.25, 0.3) is 0 Å². The number of methoxy groups -OCH3 is 1. The Morgan fingerprint density at radius 1 is 1.11 bits per heavy atom. The molecule has 38 heavy (non-hydrogen) atoms. The molecule has 2 aromatic rings. The van der Waals surface area contributed by atoms with Crippen LogP contribution in [-0.2, 0) is 16.0 Å². The molecule has 0 N–H and O–H groups in total. The van der Waals surface area contributed by atoms with Crippen LogP contribution in [-0.4, -0.2) is 83.3 Å². The molecule has 8 heteroatoms. The van der Waals surface area contributed by atoms with Gasteiger partial charge < -0.3 is 19.3 Å². The zero-order chi connectivity index (χ0) is 27.1. The highest BCUT2D eigenvalue weighted by Crippen LogP contribution is 2.54. The first-order chi connectivity index (χ1) is 18.0. The average Bonchev–Trinajstić information content (AvgIpc) is 3.16. The number of aryl methyl sites for hydroxylation is 1. The molecule has 3 aliphatic rings. The van der Waals surface area contributed by atoms with E-state index in [4.69, 9.17) is 14.6 Å². The van der Waals surface area contributed by atoms with Gasteiger partial charge in [0.2, 0.25) is 0 Å². The summed E-state index contributed by atoms with van der Waals surface area (Å²) in [7, 11) is 1.79. The minimum atomic E-state index is -0.449. The van der Waals surface area contributed by atoms with E-state index in [0.717, 1.165) is 71.0 Å². The smallest absolute Gasteiger partial charge is 0.410 e. The molecule has 8 nitrogen and oxygen atoms in total. The molecule has 2 aliphatic heterocycles. The Bertz CT molecular complexity index is 1110. The molecule has 1 aromatic carbocycles. The van der Waals surface area contributed by atoms with Crippen LogP contribution in [0.3, 0.4) is 0 Å². The summed E-state index contributed by atoms with van der Waals surface area (Å²) in [5.41, 5.74) is 2.29. The van der Waals surface area contributed by atoms with Crippen LogP contribution in [0.4, 0.5) is 10.6 Å². The lowest BCUT2D eigenvalue weighted by molar-refractivity contribution is -0.0930. The number of hydrogen-bond acceptors (Lipinski definition) is 6. The highest BCUT2D eigenvalue weighted by Gasteiger charge is 2.55. The molecule has 1 aliphatic carbocycles. The van der Waals surface area contributed by atoms with Gasteiger partial charge in [0.15, 0.2) is 5.82 Å². The van der Waals surface area contributed by atoms with Gasteiger partial charge in [0.05, 0.1) is 11.6 Å². The van der Waals surface area contributed by atoms with Gasteiger partial charge in [-0.05, 0) is 59.4 Å². The number of amides is 1. The third kappa shape index (κ3) is 5.57. The van der Waals surface area contributed by atoms with E-state index in [0.29, 0.717) is 6.04 Å². The van der Waals surface area contributed by atoms with E-state index in [9.17, 15) is 4.79 Å². The normalized spacial score (nSPS) is 23.8. The summed E-state index contributed by atoms with van der Waals surface area (Å²) in [4.78, 5) is 19.3. The minimum Gasteiger partial charge on any atom is -0.444 e. The van der Waals surface area contributed by atoms with Gasteiger partial charge in [0, 0.05) is 70.2 Å². The number of rotatable bonds is 7. The predicted octanol–water partition coefficient (Wildman–Crippen LogP) is 4.88. The zero-order valence-electron chi connectivity index (χ0n) is 24.1. The molecule has 0 bridgehead atoms. The Labute approximate surface area is 227 Å². The lowest BCUT2D eigenvalue weighted by atomic mass is 9.61. The second-order valence-corrected chi connectivity index (χ2v) is 13.1. The zero-order valence-corrected chi connectivity index (χ0v) is 24.1. The first-order valence-corrected chi connectivity index (χ1v) is 14.1. The lowest BCUT2D eigenvalue weighted by Crippen LogP contribution is -2.64. The van der Waals surface area contributed by atoms with Crippen molar-refractivity contribution >= 4 is 11.9 Å². The number of nitrogens with zero attached hydrogens (tertiary/aromatic N) is 5. The van der Waals surface area contributed by atoms with E-state index in [1.165, 1.54) is 11.3 Å². The van der Waals surface area contributed by atoms with Gasteiger partial charge in [-0.1, -0.05) is 30.3 Å². The summed E-state index contributed by atoms with van der Waals surface area (Å²) in [6, 6.07) is 13.4. The van der Waals surface area contributed by atoms with Gasteiger partial charge in [-0.15, -0.1) is 0 Å². The lowest BCUT2D eigenvalue weighted by Gasteiger charge is -2.58. The maximum absolute atomic E-state index is 12.4. The topological polar surface area (TPSA) is 63.1 Å². The predicted molar refractivity (Wildman–Crippen MR) is 149 cm³/mol. The SMILES string of the molecule is COCC[C@@]1(C)CN(Cc2ccccc2)CCN1c1cc(C)n(C2CC3(C2)CN(C(=O)OC(C)(C)C)C3)n1. The summed E-state index contributed by atoms with van der Waals surface area (Å²) >= 11 is 0. The fourth-order valence-corrected chi connectivity index (χ4v) is 6.62. The molecule has 2 saturated heterocycles. The van der Waals surface area contributed by atoms with Crippen LogP contribution in [0.1, 0.15) is 64.3 Å². The Morgan fingerprint density at radius 3 is 2.47 bits per heavy atom. The first kappa shape index (κ1) is 27.0. The van der Waals surface area contributed by atoms with Crippen molar-refractivity contribution in [2.45, 2.75) is 77.6 Å². The molecule has 1 amide bonds. The van der Waals surface area contributed by atoms with Crippen molar-refractivity contribution in [3.8, 4) is 0 Å². The molecule has 208 valence electrons. The number of carbonyl (C=O) groups excluding carboxylic acids is 1. The number of benzene rings is 1. The summed E-state index contributed by atoms with van der Waals surface area (Å²) in [6.07, 6.45) is 2.90. The molecule has 1 atom stereocenters. The number of piperazine rings is 1. The van der Waals surface area contributed by atoms with Crippen LogP contribution in [0, 0.1) is 12.3 Å². The molecule has 1 aromatic heterocycles. The molecular weight excluding hydrogens is 478 g/mol. The van der Waals surface area contributed by atoms with E-state index >= 15 is 0 Å². The largest absolute Gasteiger partial charge is 0.444 e. The molecular formula is C30H45N5O3. The second kappa shape index (κ2) is 10.2. The maximum atomic E-state index is 12.4. The molecule has 5 rings (SSSR count). The van der Waals surface area contributed by atoms with Crippen LogP contribution in [0.25, 0.3) is 0 Å². The number of hydrogen-bond donors (Lipinski definition) is 0. The molecule has 0 radical (unpaired) electrons. The van der Waals surface area contributed by atoms with E-state index in [1.807, 2.05) is 25.7 Å². The summed E-state index contributed by atoms with van der Waals surface area (Å²) in [5.74, 6) is 1.07. The number of likely N-dealkylation sites (tertiary alicyclic amines) is 1. The van der Waals surface area contributed by atoms with Gasteiger partial charge in [-0.2, -0.15) is 5.10 Å². The quantitative estimate of drug-likeness (QED) is 0.516. The number of aromatic nitrogens is 2. The van der Waals surface area contributed by atoms with E-state index in [-0.39, 0.29) is 17.0 Å². The minimum absolute atomic E-state index is 0.0581. The number of ether oxygens (including phenoxy) is 2. The number of anilines is 1. The summed E-state index contributed by atoms with van der Waals surface area (Å²) in [5, 5.41) is 5.17. The van der Waals surface area contributed by atoms with Crippen LogP contribution < -0.4 is 4.90 Å². The van der Waals surface area contributed by atoms with E-state index < -0.39 is 5.60 Å². The van der Waals surface area contributed by atoms with Crippen LogP contribution >= 0.6 is 0 Å². The number of carbonyl (C=O) groups is 1. The average molecular weight is 524 g/mol. The van der Waals surface area contributed by atoms with Crippen molar-refractivity contribution in [3.63, 3.8) is 0 Å². The molecule has 3 fully saturated rings. The fraction of sp³-hybridized carbons (Fsp3) is 0.667. The third-order valence-electron chi connectivity index (χ3n) is 8.52. The Morgan fingerprint density at radius 2 is 1.82 bits per heavy atom. The molecule has 3 heterocycles. The van der Waals surface area contributed by atoms with Gasteiger partial charge >= 0.3 is 6.09 Å². The maximum Gasteiger partial charge on any atom is 0.410 e. The van der Waals surface area contributed by atoms with Crippen molar-refractivity contribution in [2.75, 3.05) is 51.3 Å². The second-order valence-electron chi connectivity index (χ2n) is 13.1. The van der Waals surface area contributed by atoms with Gasteiger partial charge in [-0.25, -0.2) is 4.79 Å². The molecule has 1 saturated carbocycles. The van der Waals surface area contributed by atoms with E-state index in [1.54, 1.807) is 7.11 Å². The van der Waals surface area contributed by atoms with Crippen molar-refractivity contribution in [1.29, 1.82) is 0 Å². The first-order valence-electron chi connectivity index (χ1n) is 14.1. The van der Waals surface area contributed by atoms with Crippen LogP contribution in [0.15, 0.2) is 36.4 Å². The van der Waals surface area contributed by atoms with Crippen molar-refractivity contribution in [1.82, 2.24) is 19.6 Å². The summed E-state index contributed by atoms with van der Waals surface area (Å²) < 4.78 is 13.3. The van der Waals surface area contributed by atoms with Gasteiger partial charge in [-0.3, -0.25) is 9.58 Å². The van der Waals surface area contributed by atoms with Crippen LogP contribution in [0.5, 0.6) is 0 Å². The highest BCUT2D eigenvalue weighted by molar-refractivity contribution is 5.69. The molecule has 0 unspecified atom stereocenters. The Kier molecular flexibility index (Phi) is 7.24. The third-order valence-corrected chi connectivity index (χ3v) is 8.52. The van der Waals surface area contributed by atoms with Crippen molar-refractivity contribution in [2.24, 2.45) is 5.41 Å². The van der Waals surface area contributed by atoms with E-state index in [2.05, 4.69) is 64.7 Å². The molecule has 1 spiro atoms. The van der Waals surface area contributed by atoms with Crippen molar-refractivity contribution < 1.29 is 14.3 Å². The summed E-state index contributed by atoms with van der Waals surface area (Å²) in [6.45, 7) is 16.5. The monoisotopic (exact) mass is 523 g/mol. The Balaban J connectivity index is 1.23. The fourth-order valence-electron chi connectivity index (χ4n) is 6.62. The standard InChI is InChI=1S/C30H45N5O3/c1-23-16-26(31-35(23)25-17-30(18-25)21-33(22-30)27(36)38-28(2,3)4)34-14-13-32(19-24-10-8-7-9-11-24)20-29(34,5)12-15-37-6/h7-11,16,25H,12-15,17-22H2,1-6H3/t29-/m0/s1. The van der Waals surface area contributed by atoms with Crippen LogP contribution in [0.2, 0.25) is 0 Å². The highest BCUT2D eigenvalue weighted by atomic mass is 16.6.